The fraction of sp³-hybridized carbons (Fsp3) is 0.290. The number of aromatic amines is 1. The number of aromatic nitrogens is 2. The predicted molar refractivity (Wildman–Crippen MR) is 151 cm³/mol. The number of ether oxygens (including phenoxy) is 5. The predicted octanol–water partition coefficient (Wildman–Crippen LogP) is 2.45. The van der Waals surface area contributed by atoms with Gasteiger partial charge in [-0.2, -0.15) is 0 Å². The third kappa shape index (κ3) is 5.35. The fourth-order valence-electron chi connectivity index (χ4n) is 5.27. The maximum Gasteiger partial charge on any atom is 0.330 e. The number of rotatable bonds is 10. The topological polar surface area (TPSA) is 141 Å². The van der Waals surface area contributed by atoms with Gasteiger partial charge in [0.2, 0.25) is 12.1 Å². The summed E-state index contributed by atoms with van der Waals surface area (Å²) >= 11 is 0. The Bertz CT molecular complexity index is 1600. The zero-order valence-electron chi connectivity index (χ0n) is 23.5. The first kappa shape index (κ1) is 30.1. The van der Waals surface area contributed by atoms with Gasteiger partial charge in [0.05, 0.1) is 14.2 Å². The van der Waals surface area contributed by atoms with Crippen molar-refractivity contribution in [2.75, 3.05) is 21.3 Å². The van der Waals surface area contributed by atoms with E-state index in [0.717, 1.165) is 23.9 Å². The quantitative estimate of drug-likeness (QED) is 0.187. The summed E-state index contributed by atoms with van der Waals surface area (Å²) in [5, 5.41) is 22.4. The number of aliphatic hydroxyl groups excluding tert-OH is 1. The van der Waals surface area contributed by atoms with Crippen molar-refractivity contribution in [2.24, 2.45) is 0 Å². The van der Waals surface area contributed by atoms with Crippen LogP contribution in [0, 0.1) is 0 Å². The molecule has 1 aliphatic rings. The van der Waals surface area contributed by atoms with E-state index in [1.165, 1.54) is 14.2 Å². The van der Waals surface area contributed by atoms with E-state index in [4.69, 9.17) is 23.7 Å². The normalized spacial score (nSPS) is 22.7. The average Bonchev–Trinajstić information content (AvgIpc) is 3.30. The Balaban J connectivity index is 1.64. The standard InChI is InChI=1S/C31H31FN2O9/c1-39-22-13-9-20(10-14-22)30(19-7-5-4-6-8-19,21-11-15-23(40-2)16-12-21)43-27(32)25-26(36)31(38,41-3)28(42-25)34-18-17-24(35)33-29(34)37/h4-18,25-28,36,38H,1-3H3,(H,33,35,37)/t25-,26+,27?,28+,31-/m0/s1. The summed E-state index contributed by atoms with van der Waals surface area (Å²) in [5.74, 6) is -1.46. The van der Waals surface area contributed by atoms with Crippen LogP contribution in [0.4, 0.5) is 4.39 Å². The van der Waals surface area contributed by atoms with Crippen LogP contribution in [0.5, 0.6) is 11.5 Å². The molecule has 0 aliphatic carbocycles. The highest BCUT2D eigenvalue weighted by molar-refractivity contribution is 5.49. The van der Waals surface area contributed by atoms with Crippen LogP contribution in [0.15, 0.2) is 101 Å². The molecular weight excluding hydrogens is 563 g/mol. The van der Waals surface area contributed by atoms with Crippen LogP contribution in [0.3, 0.4) is 0 Å². The molecule has 0 bridgehead atoms. The SMILES string of the molecule is COc1ccc(C(OC(F)[C@H]2O[C@@H](n3ccc(=O)[nH]c3=O)[C@@](O)(OC)[C@@H]2O)(c2ccccc2)c2ccc(OC)cc2)cc1. The number of H-pyrrole nitrogens is 1. The number of halogens is 1. The molecule has 11 nitrogen and oxygen atoms in total. The Morgan fingerprint density at radius 1 is 0.884 bits per heavy atom. The Labute approximate surface area is 245 Å². The van der Waals surface area contributed by atoms with Crippen molar-refractivity contribution in [1.29, 1.82) is 0 Å². The second-order valence-corrected chi connectivity index (χ2v) is 9.84. The minimum absolute atomic E-state index is 0.509. The summed E-state index contributed by atoms with van der Waals surface area (Å²) in [6, 6.07) is 23.6. The number of nitrogens with zero attached hydrogens (tertiary/aromatic N) is 1. The van der Waals surface area contributed by atoms with Gasteiger partial charge in [-0.1, -0.05) is 54.6 Å². The van der Waals surface area contributed by atoms with Crippen LogP contribution in [0.1, 0.15) is 22.9 Å². The minimum Gasteiger partial charge on any atom is -0.497 e. The highest BCUT2D eigenvalue weighted by Gasteiger charge is 2.61. The largest absolute Gasteiger partial charge is 0.497 e. The van der Waals surface area contributed by atoms with Gasteiger partial charge in [0.15, 0.2) is 6.23 Å². The molecule has 3 N–H and O–H groups in total. The first-order valence-corrected chi connectivity index (χ1v) is 13.3. The number of nitrogens with one attached hydrogen (secondary N) is 1. The van der Waals surface area contributed by atoms with Crippen LogP contribution in [0.25, 0.3) is 0 Å². The highest BCUT2D eigenvalue weighted by Crippen LogP contribution is 2.46. The second kappa shape index (κ2) is 12.1. The Morgan fingerprint density at radius 3 is 1.91 bits per heavy atom. The summed E-state index contributed by atoms with van der Waals surface area (Å²) < 4.78 is 45.3. The van der Waals surface area contributed by atoms with Crippen molar-refractivity contribution in [3.05, 3.63) is 129 Å². The van der Waals surface area contributed by atoms with E-state index in [9.17, 15) is 19.8 Å². The molecule has 226 valence electrons. The van der Waals surface area contributed by atoms with Crippen LogP contribution < -0.4 is 20.7 Å². The van der Waals surface area contributed by atoms with E-state index >= 15 is 4.39 Å². The molecule has 43 heavy (non-hydrogen) atoms. The van der Waals surface area contributed by atoms with E-state index in [-0.39, 0.29) is 0 Å². The number of aliphatic hydroxyl groups is 2. The van der Waals surface area contributed by atoms with E-state index in [0.29, 0.717) is 28.2 Å². The minimum atomic E-state index is -2.59. The maximum atomic E-state index is 16.7. The Morgan fingerprint density at radius 2 is 1.42 bits per heavy atom. The molecule has 1 unspecified atom stereocenters. The maximum absolute atomic E-state index is 16.7. The summed E-state index contributed by atoms with van der Waals surface area (Å²) in [7, 11) is 4.11. The van der Waals surface area contributed by atoms with Gasteiger partial charge in [-0.15, -0.1) is 0 Å². The number of alkyl halides is 1. The van der Waals surface area contributed by atoms with Crippen molar-refractivity contribution in [3.63, 3.8) is 0 Å². The molecule has 5 rings (SSSR count). The fourth-order valence-corrected chi connectivity index (χ4v) is 5.27. The smallest absolute Gasteiger partial charge is 0.330 e. The molecule has 1 saturated heterocycles. The van der Waals surface area contributed by atoms with Gasteiger partial charge in [-0.25, -0.2) is 9.18 Å². The summed E-state index contributed by atoms with van der Waals surface area (Å²) in [4.78, 5) is 26.2. The van der Waals surface area contributed by atoms with Crippen molar-refractivity contribution >= 4 is 0 Å². The molecule has 0 saturated carbocycles. The van der Waals surface area contributed by atoms with Gasteiger partial charge in [-0.3, -0.25) is 14.3 Å². The lowest BCUT2D eigenvalue weighted by Gasteiger charge is -2.38. The van der Waals surface area contributed by atoms with Crippen molar-refractivity contribution in [2.45, 2.75) is 36.2 Å². The van der Waals surface area contributed by atoms with Gasteiger partial charge in [0, 0.05) is 19.4 Å². The molecule has 0 spiro atoms. The first-order valence-electron chi connectivity index (χ1n) is 13.3. The van der Waals surface area contributed by atoms with Crippen molar-refractivity contribution < 1.29 is 38.3 Å². The number of hydrogen-bond acceptors (Lipinski definition) is 9. The third-order valence-electron chi connectivity index (χ3n) is 7.53. The molecule has 1 aromatic heterocycles. The average molecular weight is 595 g/mol. The Kier molecular flexibility index (Phi) is 8.49. The Hall–Kier alpha value is -4.33. The molecular formula is C31H31FN2O9. The lowest BCUT2D eigenvalue weighted by Crippen LogP contribution is -2.52. The van der Waals surface area contributed by atoms with Crippen LogP contribution >= 0.6 is 0 Å². The highest BCUT2D eigenvalue weighted by atomic mass is 19.1. The van der Waals surface area contributed by atoms with Gasteiger partial charge in [0.1, 0.15) is 29.3 Å². The lowest BCUT2D eigenvalue weighted by molar-refractivity contribution is -0.265. The van der Waals surface area contributed by atoms with Crippen LogP contribution in [0.2, 0.25) is 0 Å². The van der Waals surface area contributed by atoms with Gasteiger partial charge >= 0.3 is 5.69 Å². The van der Waals surface area contributed by atoms with Gasteiger partial charge in [0.25, 0.3) is 5.56 Å². The van der Waals surface area contributed by atoms with Crippen LogP contribution in [-0.2, 0) is 19.8 Å². The number of methoxy groups -OCH3 is 3. The third-order valence-corrected chi connectivity index (χ3v) is 7.53. The molecule has 0 radical (unpaired) electrons. The number of benzene rings is 3. The second-order valence-electron chi connectivity index (χ2n) is 9.84. The first-order chi connectivity index (χ1) is 20.7. The molecule has 3 aromatic carbocycles. The lowest BCUT2D eigenvalue weighted by atomic mass is 9.80. The summed E-state index contributed by atoms with van der Waals surface area (Å²) in [6.07, 6.45) is -6.99. The molecule has 2 heterocycles. The molecule has 12 heteroatoms. The van der Waals surface area contributed by atoms with E-state index in [1.807, 2.05) is 4.98 Å². The zero-order valence-corrected chi connectivity index (χ0v) is 23.5. The zero-order chi connectivity index (χ0) is 30.8. The number of hydrogen-bond donors (Lipinski definition) is 3. The summed E-state index contributed by atoms with van der Waals surface area (Å²) in [5.41, 5.74) is -1.73. The van der Waals surface area contributed by atoms with Crippen molar-refractivity contribution in [3.8, 4) is 11.5 Å². The molecule has 1 fully saturated rings. The molecule has 0 amide bonds. The van der Waals surface area contributed by atoms with Crippen LogP contribution in [-0.4, -0.2) is 65.4 Å². The van der Waals surface area contributed by atoms with E-state index in [2.05, 4.69) is 0 Å². The van der Waals surface area contributed by atoms with Crippen molar-refractivity contribution in [1.82, 2.24) is 9.55 Å². The molecule has 1 aliphatic heterocycles. The summed E-state index contributed by atoms with van der Waals surface area (Å²) in [6.45, 7) is 0. The van der Waals surface area contributed by atoms with E-state index < -0.39 is 47.4 Å². The van der Waals surface area contributed by atoms with Gasteiger partial charge in [-0.05, 0) is 41.0 Å². The molecule has 5 atom stereocenters. The monoisotopic (exact) mass is 594 g/mol. The molecule has 4 aromatic rings. The van der Waals surface area contributed by atoms with E-state index in [1.54, 1.807) is 78.9 Å². The van der Waals surface area contributed by atoms with Gasteiger partial charge < -0.3 is 33.9 Å².